The first-order chi connectivity index (χ1) is 8.34. The molecule has 1 aromatic rings. The normalized spacial score (nSPS) is 27.2. The third-order valence-electron chi connectivity index (χ3n) is 3.97. The molecule has 1 saturated heterocycles. The van der Waals surface area contributed by atoms with Crippen molar-refractivity contribution in [2.24, 2.45) is 5.41 Å². The molecule has 2 rings (SSSR count). The summed E-state index contributed by atoms with van der Waals surface area (Å²) < 4.78 is 0.973. The molecule has 1 aromatic carbocycles. The van der Waals surface area contributed by atoms with E-state index in [4.69, 9.17) is 11.6 Å². The number of aliphatic hydroxyl groups is 1. The second-order valence-electron chi connectivity index (χ2n) is 5.63. The van der Waals surface area contributed by atoms with Gasteiger partial charge in [0.25, 0.3) is 0 Å². The molecule has 0 amide bonds. The SMILES string of the molecule is CC1(C)CCSCC1(O)Cc1ccc(Br)cc1Cl. The van der Waals surface area contributed by atoms with Gasteiger partial charge in [0.2, 0.25) is 0 Å². The van der Waals surface area contributed by atoms with Crippen molar-refractivity contribution < 1.29 is 5.11 Å². The fraction of sp³-hybridized carbons (Fsp3) is 0.571. The lowest BCUT2D eigenvalue weighted by Gasteiger charge is -2.46. The lowest BCUT2D eigenvalue weighted by molar-refractivity contribution is -0.0512. The molecule has 0 aromatic heterocycles. The Balaban J connectivity index is 2.26. The van der Waals surface area contributed by atoms with E-state index >= 15 is 0 Å². The Kier molecular flexibility index (Phi) is 4.37. The Bertz CT molecular complexity index is 449. The highest BCUT2D eigenvalue weighted by Gasteiger charge is 2.45. The van der Waals surface area contributed by atoms with E-state index in [2.05, 4.69) is 29.8 Å². The molecule has 0 saturated carbocycles. The molecule has 0 bridgehead atoms. The summed E-state index contributed by atoms with van der Waals surface area (Å²) in [7, 11) is 0. The molecule has 0 spiro atoms. The van der Waals surface area contributed by atoms with Gasteiger partial charge >= 0.3 is 0 Å². The average Bonchev–Trinajstić information content (AvgIpc) is 2.27. The molecule has 0 radical (unpaired) electrons. The van der Waals surface area contributed by atoms with Crippen LogP contribution in [0.15, 0.2) is 22.7 Å². The predicted molar refractivity (Wildman–Crippen MR) is 83.5 cm³/mol. The fourth-order valence-corrected chi connectivity index (χ4v) is 4.64. The maximum Gasteiger partial charge on any atom is 0.0829 e. The van der Waals surface area contributed by atoms with Crippen LogP contribution in [0.3, 0.4) is 0 Å². The summed E-state index contributed by atoms with van der Waals surface area (Å²) in [5.74, 6) is 1.91. The summed E-state index contributed by atoms with van der Waals surface area (Å²) >= 11 is 11.5. The molecular weight excluding hydrogens is 332 g/mol. The first-order valence-corrected chi connectivity index (χ1v) is 8.41. The third-order valence-corrected chi connectivity index (χ3v) is 5.99. The second-order valence-corrected chi connectivity index (χ2v) is 8.06. The number of hydrogen-bond acceptors (Lipinski definition) is 2. The van der Waals surface area contributed by atoms with Gasteiger partial charge in [-0.05, 0) is 35.3 Å². The highest BCUT2D eigenvalue weighted by atomic mass is 79.9. The van der Waals surface area contributed by atoms with Crippen molar-refractivity contribution >= 4 is 39.3 Å². The summed E-state index contributed by atoms with van der Waals surface area (Å²) in [6, 6.07) is 5.87. The van der Waals surface area contributed by atoms with Crippen molar-refractivity contribution in [2.75, 3.05) is 11.5 Å². The molecule has 4 heteroatoms. The maximum absolute atomic E-state index is 11.0. The van der Waals surface area contributed by atoms with E-state index in [0.29, 0.717) is 6.42 Å². The zero-order valence-corrected chi connectivity index (χ0v) is 13.8. The summed E-state index contributed by atoms with van der Waals surface area (Å²) in [4.78, 5) is 0. The van der Waals surface area contributed by atoms with Gasteiger partial charge in [-0.3, -0.25) is 0 Å². The van der Waals surface area contributed by atoms with Crippen LogP contribution >= 0.6 is 39.3 Å². The minimum absolute atomic E-state index is 0.0609. The van der Waals surface area contributed by atoms with Gasteiger partial charge in [0.05, 0.1) is 5.60 Å². The fourth-order valence-electron chi connectivity index (χ4n) is 2.27. The first-order valence-electron chi connectivity index (χ1n) is 6.08. The number of rotatable bonds is 2. The van der Waals surface area contributed by atoms with Gasteiger partial charge in [-0.25, -0.2) is 0 Å². The van der Waals surface area contributed by atoms with Gasteiger partial charge < -0.3 is 5.11 Å². The molecule has 100 valence electrons. The minimum Gasteiger partial charge on any atom is -0.388 e. The number of thioether (sulfide) groups is 1. The van der Waals surface area contributed by atoms with Crippen LogP contribution in [-0.2, 0) is 6.42 Å². The van der Waals surface area contributed by atoms with Crippen LogP contribution in [-0.4, -0.2) is 22.2 Å². The van der Waals surface area contributed by atoms with Crippen LogP contribution in [0.1, 0.15) is 25.8 Å². The van der Waals surface area contributed by atoms with Gasteiger partial charge in [-0.1, -0.05) is 47.4 Å². The van der Waals surface area contributed by atoms with E-state index < -0.39 is 5.60 Å². The van der Waals surface area contributed by atoms with Crippen molar-refractivity contribution in [1.82, 2.24) is 0 Å². The Morgan fingerprint density at radius 3 is 2.78 bits per heavy atom. The van der Waals surface area contributed by atoms with Crippen molar-refractivity contribution in [1.29, 1.82) is 0 Å². The van der Waals surface area contributed by atoms with Gasteiger partial charge in [0.15, 0.2) is 0 Å². The first kappa shape index (κ1) is 14.7. The number of benzene rings is 1. The van der Waals surface area contributed by atoms with Gasteiger partial charge in [-0.15, -0.1) is 0 Å². The van der Waals surface area contributed by atoms with Crippen molar-refractivity contribution in [3.8, 4) is 0 Å². The predicted octanol–water partition coefficient (Wildman–Crippen LogP) is 4.54. The zero-order valence-electron chi connectivity index (χ0n) is 10.7. The van der Waals surface area contributed by atoms with Gasteiger partial charge in [0, 0.05) is 21.7 Å². The molecule has 1 aliphatic rings. The monoisotopic (exact) mass is 348 g/mol. The van der Waals surface area contributed by atoms with Crippen LogP contribution in [0.5, 0.6) is 0 Å². The van der Waals surface area contributed by atoms with Crippen LogP contribution in [0, 0.1) is 5.41 Å². The van der Waals surface area contributed by atoms with Crippen LogP contribution in [0.4, 0.5) is 0 Å². The van der Waals surface area contributed by atoms with Crippen LogP contribution < -0.4 is 0 Å². The highest BCUT2D eigenvalue weighted by Crippen LogP contribution is 2.44. The highest BCUT2D eigenvalue weighted by molar-refractivity contribution is 9.10. The van der Waals surface area contributed by atoms with E-state index in [-0.39, 0.29) is 5.41 Å². The largest absolute Gasteiger partial charge is 0.388 e. The van der Waals surface area contributed by atoms with Crippen LogP contribution in [0.25, 0.3) is 0 Å². The molecule has 1 N–H and O–H groups in total. The Morgan fingerprint density at radius 1 is 1.44 bits per heavy atom. The molecule has 1 aliphatic heterocycles. The van der Waals surface area contributed by atoms with E-state index in [0.717, 1.165) is 33.0 Å². The maximum atomic E-state index is 11.0. The van der Waals surface area contributed by atoms with E-state index in [9.17, 15) is 5.11 Å². The smallest absolute Gasteiger partial charge is 0.0829 e. The lowest BCUT2D eigenvalue weighted by atomic mass is 9.70. The standard InChI is InChI=1S/C14H18BrClOS/c1-13(2)5-6-18-9-14(13,17)8-10-3-4-11(15)7-12(10)16/h3-4,7,17H,5-6,8-9H2,1-2H3. The topological polar surface area (TPSA) is 20.2 Å². The number of hydrogen-bond donors (Lipinski definition) is 1. The molecule has 1 heterocycles. The van der Waals surface area contributed by atoms with Crippen molar-refractivity contribution in [3.63, 3.8) is 0 Å². The Hall–Kier alpha value is 0.300. The number of halogens is 2. The Morgan fingerprint density at radius 2 is 2.17 bits per heavy atom. The summed E-state index contributed by atoms with van der Waals surface area (Å²) in [6.07, 6.45) is 1.67. The van der Waals surface area contributed by atoms with Crippen molar-refractivity contribution in [3.05, 3.63) is 33.3 Å². The average molecular weight is 350 g/mol. The molecule has 0 aliphatic carbocycles. The molecule has 1 fully saturated rings. The van der Waals surface area contributed by atoms with Crippen LogP contribution in [0.2, 0.25) is 5.02 Å². The quantitative estimate of drug-likeness (QED) is 0.846. The molecular formula is C14H18BrClOS. The summed E-state index contributed by atoms with van der Waals surface area (Å²) in [5, 5.41) is 11.7. The summed E-state index contributed by atoms with van der Waals surface area (Å²) in [5.41, 5.74) is 0.292. The Labute approximate surface area is 126 Å². The lowest BCUT2D eigenvalue weighted by Crippen LogP contribution is -2.51. The third kappa shape index (κ3) is 2.90. The van der Waals surface area contributed by atoms with E-state index in [1.807, 2.05) is 30.0 Å². The molecule has 1 nitrogen and oxygen atoms in total. The molecule has 18 heavy (non-hydrogen) atoms. The van der Waals surface area contributed by atoms with Crippen molar-refractivity contribution in [2.45, 2.75) is 32.3 Å². The molecule has 1 unspecified atom stereocenters. The van der Waals surface area contributed by atoms with Gasteiger partial charge in [-0.2, -0.15) is 11.8 Å². The zero-order chi connectivity index (χ0) is 13.4. The summed E-state index contributed by atoms with van der Waals surface area (Å²) in [6.45, 7) is 4.30. The minimum atomic E-state index is -0.673. The van der Waals surface area contributed by atoms with E-state index in [1.54, 1.807) is 0 Å². The van der Waals surface area contributed by atoms with Gasteiger partial charge in [0.1, 0.15) is 0 Å². The molecule has 1 atom stereocenters. The van der Waals surface area contributed by atoms with E-state index in [1.165, 1.54) is 0 Å². The second kappa shape index (κ2) is 5.35.